The van der Waals surface area contributed by atoms with Gasteiger partial charge in [-0.15, -0.1) is 0 Å². The number of aromatic nitrogens is 1. The molecule has 0 amide bonds. The molecule has 0 saturated heterocycles. The Hall–Kier alpha value is -1.91. The van der Waals surface area contributed by atoms with Gasteiger partial charge in [0.05, 0.1) is 13.2 Å². The molecule has 0 aliphatic heterocycles. The second-order valence-corrected chi connectivity index (χ2v) is 4.70. The molecule has 0 aliphatic rings. The van der Waals surface area contributed by atoms with Crippen LogP contribution in [0.5, 0.6) is 5.75 Å². The Labute approximate surface area is 119 Å². The van der Waals surface area contributed by atoms with Crippen LogP contribution in [-0.4, -0.2) is 23.7 Å². The van der Waals surface area contributed by atoms with E-state index >= 15 is 0 Å². The van der Waals surface area contributed by atoms with Crippen molar-refractivity contribution < 1.29 is 9.84 Å². The number of aliphatic hydroxyl groups excluding tert-OH is 1. The van der Waals surface area contributed by atoms with E-state index in [9.17, 15) is 5.11 Å². The average Bonchev–Trinajstić information content (AvgIpc) is 2.53. The molecule has 1 aromatic heterocycles. The maximum Gasteiger partial charge on any atom is 0.119 e. The fraction of sp³-hybridized carbons (Fsp3) is 0.312. The quantitative estimate of drug-likeness (QED) is 0.848. The van der Waals surface area contributed by atoms with Gasteiger partial charge in [-0.25, -0.2) is 0 Å². The van der Waals surface area contributed by atoms with Crippen molar-refractivity contribution in [3.8, 4) is 5.75 Å². The van der Waals surface area contributed by atoms with Gasteiger partial charge >= 0.3 is 0 Å². The normalized spacial score (nSPS) is 13.8. The van der Waals surface area contributed by atoms with E-state index < -0.39 is 6.10 Å². The maximum absolute atomic E-state index is 10.2. The fourth-order valence-electron chi connectivity index (χ4n) is 2.03. The Morgan fingerprint density at radius 1 is 1.20 bits per heavy atom. The number of hydrogen-bond donors (Lipinski definition) is 2. The van der Waals surface area contributed by atoms with Crippen molar-refractivity contribution in [2.24, 2.45) is 0 Å². The Morgan fingerprint density at radius 3 is 2.65 bits per heavy atom. The number of nitrogens with zero attached hydrogens (tertiary/aromatic N) is 1. The van der Waals surface area contributed by atoms with Crippen molar-refractivity contribution in [3.63, 3.8) is 0 Å². The fourth-order valence-corrected chi connectivity index (χ4v) is 2.03. The van der Waals surface area contributed by atoms with Crippen LogP contribution in [-0.2, 0) is 0 Å². The van der Waals surface area contributed by atoms with Gasteiger partial charge in [-0.2, -0.15) is 0 Å². The van der Waals surface area contributed by atoms with Crippen molar-refractivity contribution >= 4 is 0 Å². The summed E-state index contributed by atoms with van der Waals surface area (Å²) >= 11 is 0. The molecule has 20 heavy (non-hydrogen) atoms. The van der Waals surface area contributed by atoms with Gasteiger partial charge in [0.1, 0.15) is 5.75 Å². The maximum atomic E-state index is 10.2. The van der Waals surface area contributed by atoms with Crippen LogP contribution in [0.4, 0.5) is 0 Å². The van der Waals surface area contributed by atoms with Gasteiger partial charge in [0.25, 0.3) is 0 Å². The van der Waals surface area contributed by atoms with Gasteiger partial charge in [-0.1, -0.05) is 12.1 Å². The van der Waals surface area contributed by atoms with E-state index in [1.54, 1.807) is 19.5 Å². The third kappa shape index (κ3) is 3.79. The molecule has 4 heteroatoms. The van der Waals surface area contributed by atoms with E-state index in [1.165, 1.54) is 0 Å². The lowest BCUT2D eigenvalue weighted by Crippen LogP contribution is -2.24. The number of nitrogens with one attached hydrogen (secondary N) is 1. The highest BCUT2D eigenvalue weighted by molar-refractivity contribution is 5.30. The smallest absolute Gasteiger partial charge is 0.119 e. The molecule has 0 saturated carbocycles. The monoisotopic (exact) mass is 272 g/mol. The molecule has 1 aromatic carbocycles. The molecule has 0 radical (unpaired) electrons. The van der Waals surface area contributed by atoms with Gasteiger partial charge in [0.15, 0.2) is 0 Å². The predicted octanol–water partition coefficient (Wildman–Crippen LogP) is 2.47. The van der Waals surface area contributed by atoms with Gasteiger partial charge in [0.2, 0.25) is 0 Å². The molecule has 2 atom stereocenters. The van der Waals surface area contributed by atoms with Crippen LogP contribution in [0.25, 0.3) is 0 Å². The van der Waals surface area contributed by atoms with Crippen molar-refractivity contribution in [2.45, 2.75) is 19.1 Å². The molecule has 2 rings (SSSR count). The standard InChI is InChI=1S/C16H20N2O2/c1-12(13-6-8-17-9-7-13)18-11-16(19)14-4-3-5-15(10-14)20-2/h3-10,12,16,18-19H,11H2,1-2H3. The number of hydrogen-bond acceptors (Lipinski definition) is 4. The molecule has 2 aromatic rings. The molecule has 1 heterocycles. The lowest BCUT2D eigenvalue weighted by Gasteiger charge is -2.18. The lowest BCUT2D eigenvalue weighted by atomic mass is 10.1. The summed E-state index contributed by atoms with van der Waals surface area (Å²) in [6.07, 6.45) is 2.98. The minimum atomic E-state index is -0.561. The predicted molar refractivity (Wildman–Crippen MR) is 78.6 cm³/mol. The van der Waals surface area contributed by atoms with E-state index in [0.717, 1.165) is 16.9 Å². The van der Waals surface area contributed by atoms with Crippen LogP contribution >= 0.6 is 0 Å². The summed E-state index contributed by atoms with van der Waals surface area (Å²) in [6.45, 7) is 2.55. The molecule has 2 N–H and O–H groups in total. The van der Waals surface area contributed by atoms with Crippen LogP contribution in [0.15, 0.2) is 48.8 Å². The molecule has 4 nitrogen and oxygen atoms in total. The zero-order chi connectivity index (χ0) is 14.4. The van der Waals surface area contributed by atoms with Gasteiger partial charge in [-0.05, 0) is 42.3 Å². The number of pyridine rings is 1. The molecule has 106 valence electrons. The van der Waals surface area contributed by atoms with Crippen LogP contribution < -0.4 is 10.1 Å². The number of aliphatic hydroxyl groups is 1. The molecule has 0 aliphatic carbocycles. The second-order valence-electron chi connectivity index (χ2n) is 4.70. The van der Waals surface area contributed by atoms with Gasteiger partial charge in [0, 0.05) is 25.0 Å². The minimum Gasteiger partial charge on any atom is -0.497 e. The molecule has 0 fully saturated rings. The van der Waals surface area contributed by atoms with E-state index in [2.05, 4.69) is 17.2 Å². The summed E-state index contributed by atoms with van der Waals surface area (Å²) in [5, 5.41) is 13.5. The van der Waals surface area contributed by atoms with E-state index in [1.807, 2.05) is 36.4 Å². The van der Waals surface area contributed by atoms with Gasteiger partial charge in [-0.3, -0.25) is 4.98 Å². The highest BCUT2D eigenvalue weighted by Gasteiger charge is 2.11. The Kier molecular flexibility index (Phi) is 5.09. The van der Waals surface area contributed by atoms with Crippen LogP contribution in [0.3, 0.4) is 0 Å². The van der Waals surface area contributed by atoms with Crippen LogP contribution in [0.1, 0.15) is 30.2 Å². The summed E-state index contributed by atoms with van der Waals surface area (Å²) in [6, 6.07) is 11.6. The Balaban J connectivity index is 1.93. The number of ether oxygens (including phenoxy) is 1. The second kappa shape index (κ2) is 7.03. The van der Waals surface area contributed by atoms with Crippen LogP contribution in [0, 0.1) is 0 Å². The third-order valence-corrected chi connectivity index (χ3v) is 3.30. The summed E-state index contributed by atoms with van der Waals surface area (Å²) in [5.41, 5.74) is 2.00. The topological polar surface area (TPSA) is 54.4 Å². The number of rotatable bonds is 6. The highest BCUT2D eigenvalue weighted by Crippen LogP contribution is 2.19. The number of methoxy groups -OCH3 is 1. The summed E-state index contributed by atoms with van der Waals surface area (Å²) < 4.78 is 5.16. The first-order valence-electron chi connectivity index (χ1n) is 6.66. The highest BCUT2D eigenvalue weighted by atomic mass is 16.5. The van der Waals surface area contributed by atoms with Gasteiger partial charge < -0.3 is 15.2 Å². The lowest BCUT2D eigenvalue weighted by molar-refractivity contribution is 0.170. The minimum absolute atomic E-state index is 0.165. The summed E-state index contributed by atoms with van der Waals surface area (Å²) in [7, 11) is 1.62. The van der Waals surface area contributed by atoms with Crippen molar-refractivity contribution in [3.05, 3.63) is 59.9 Å². The first-order valence-corrected chi connectivity index (χ1v) is 6.66. The largest absolute Gasteiger partial charge is 0.497 e. The Morgan fingerprint density at radius 2 is 1.95 bits per heavy atom. The molecule has 0 bridgehead atoms. The van der Waals surface area contributed by atoms with Crippen molar-refractivity contribution in [1.82, 2.24) is 10.3 Å². The zero-order valence-corrected chi connectivity index (χ0v) is 11.8. The van der Waals surface area contributed by atoms with E-state index in [-0.39, 0.29) is 6.04 Å². The average molecular weight is 272 g/mol. The van der Waals surface area contributed by atoms with Crippen molar-refractivity contribution in [2.75, 3.05) is 13.7 Å². The number of benzene rings is 1. The van der Waals surface area contributed by atoms with E-state index in [4.69, 9.17) is 4.74 Å². The van der Waals surface area contributed by atoms with Crippen LogP contribution in [0.2, 0.25) is 0 Å². The molecule has 0 spiro atoms. The first kappa shape index (κ1) is 14.5. The molecular formula is C16H20N2O2. The Bertz CT molecular complexity index is 531. The third-order valence-electron chi connectivity index (χ3n) is 3.30. The SMILES string of the molecule is COc1cccc(C(O)CNC(C)c2ccncc2)c1. The zero-order valence-electron chi connectivity index (χ0n) is 11.8. The molecular weight excluding hydrogens is 252 g/mol. The first-order chi connectivity index (χ1) is 9.70. The van der Waals surface area contributed by atoms with E-state index in [0.29, 0.717) is 6.54 Å². The summed E-state index contributed by atoms with van der Waals surface area (Å²) in [5.74, 6) is 0.753. The summed E-state index contributed by atoms with van der Waals surface area (Å²) in [4.78, 5) is 4.00. The molecule has 2 unspecified atom stereocenters. The van der Waals surface area contributed by atoms with Crippen molar-refractivity contribution in [1.29, 1.82) is 0 Å².